The van der Waals surface area contributed by atoms with E-state index >= 15 is 0 Å². The predicted octanol–water partition coefficient (Wildman–Crippen LogP) is 3.69. The van der Waals surface area contributed by atoms with Crippen LogP contribution in [0.15, 0.2) is 72.8 Å². The highest BCUT2D eigenvalue weighted by Crippen LogP contribution is 2.19. The molecule has 1 aromatic heterocycles. The van der Waals surface area contributed by atoms with E-state index in [2.05, 4.69) is 15.6 Å². The number of fused-ring (bicyclic) bond motifs is 1. The molecule has 1 atom stereocenters. The van der Waals surface area contributed by atoms with Crippen LogP contribution >= 0.6 is 0 Å². The van der Waals surface area contributed by atoms with Crippen molar-refractivity contribution in [2.75, 3.05) is 24.3 Å². The number of amides is 2. The van der Waals surface area contributed by atoms with Crippen LogP contribution in [0, 0.1) is 5.82 Å². The molecule has 0 fully saturated rings. The number of carbonyl (C=O) groups excluding carboxylic acids is 2. The van der Waals surface area contributed by atoms with E-state index < -0.39 is 11.9 Å². The Hall–Kier alpha value is -4.27. The number of hydrogen-bond acceptors (Lipinski definition) is 5. The van der Waals surface area contributed by atoms with Gasteiger partial charge in [-0.1, -0.05) is 35.5 Å². The number of aromatic nitrogens is 3. The minimum absolute atomic E-state index is 0.0632. The molecule has 0 spiro atoms. The minimum atomic E-state index is -0.870. The van der Waals surface area contributed by atoms with Crippen LogP contribution in [0.4, 0.5) is 15.8 Å². The van der Waals surface area contributed by atoms with E-state index in [9.17, 15) is 14.0 Å². The summed E-state index contributed by atoms with van der Waals surface area (Å²) in [5.74, 6) is -1.20. The van der Waals surface area contributed by atoms with Crippen LogP contribution in [0.25, 0.3) is 11.0 Å². The van der Waals surface area contributed by atoms with E-state index in [1.807, 2.05) is 49.3 Å². The molecule has 4 aromatic rings. The van der Waals surface area contributed by atoms with Gasteiger partial charge in [0.1, 0.15) is 23.9 Å². The van der Waals surface area contributed by atoms with E-state index in [1.165, 1.54) is 15.6 Å². The summed E-state index contributed by atoms with van der Waals surface area (Å²) in [6.07, 6.45) is 0. The molecule has 0 radical (unpaired) electrons. The lowest BCUT2D eigenvalue weighted by atomic mass is 10.1. The first-order valence-corrected chi connectivity index (χ1v) is 11.2. The van der Waals surface area contributed by atoms with E-state index in [1.54, 1.807) is 43.3 Å². The number of rotatable bonds is 8. The maximum Gasteiger partial charge on any atom is 0.246 e. The van der Waals surface area contributed by atoms with Gasteiger partial charge in [-0.2, -0.15) is 0 Å². The highest BCUT2D eigenvalue weighted by molar-refractivity contribution is 5.97. The maximum atomic E-state index is 14.4. The van der Waals surface area contributed by atoms with Crippen molar-refractivity contribution in [2.24, 2.45) is 0 Å². The van der Waals surface area contributed by atoms with Gasteiger partial charge in [0.2, 0.25) is 11.8 Å². The van der Waals surface area contributed by atoms with Gasteiger partial charge in [0.05, 0.1) is 5.52 Å². The van der Waals surface area contributed by atoms with Crippen LogP contribution in [0.5, 0.6) is 0 Å². The maximum absolute atomic E-state index is 14.4. The Bertz CT molecular complexity index is 1340. The monoisotopic (exact) mass is 474 g/mol. The first-order valence-electron chi connectivity index (χ1n) is 11.2. The molecule has 0 aliphatic carbocycles. The van der Waals surface area contributed by atoms with Gasteiger partial charge in [0.15, 0.2) is 0 Å². The normalized spacial score (nSPS) is 11.8. The molecule has 3 aromatic carbocycles. The first kappa shape index (κ1) is 23.9. The third kappa shape index (κ3) is 5.46. The van der Waals surface area contributed by atoms with Crippen molar-refractivity contribution in [3.63, 3.8) is 0 Å². The number of para-hydroxylation sites is 1. The lowest BCUT2D eigenvalue weighted by Crippen LogP contribution is -2.46. The quantitative estimate of drug-likeness (QED) is 0.421. The number of hydrogen-bond donors (Lipinski definition) is 1. The third-order valence-electron chi connectivity index (χ3n) is 5.82. The summed E-state index contributed by atoms with van der Waals surface area (Å²) in [5, 5.41) is 11.0. The Morgan fingerprint density at radius 2 is 1.69 bits per heavy atom. The van der Waals surface area contributed by atoms with Gasteiger partial charge < -0.3 is 15.1 Å². The zero-order chi connectivity index (χ0) is 24.9. The van der Waals surface area contributed by atoms with Gasteiger partial charge >= 0.3 is 0 Å². The molecule has 0 aliphatic rings. The molecule has 9 heteroatoms. The molecular weight excluding hydrogens is 447 g/mol. The summed E-state index contributed by atoms with van der Waals surface area (Å²) in [7, 11) is 3.86. The largest absolute Gasteiger partial charge is 0.378 e. The Kier molecular flexibility index (Phi) is 7.05. The summed E-state index contributed by atoms with van der Waals surface area (Å²) < 4.78 is 15.9. The Morgan fingerprint density at radius 3 is 2.40 bits per heavy atom. The number of anilines is 2. The molecule has 35 heavy (non-hydrogen) atoms. The van der Waals surface area contributed by atoms with Crippen LogP contribution in [-0.4, -0.2) is 51.8 Å². The second-order valence-electron chi connectivity index (χ2n) is 8.46. The van der Waals surface area contributed by atoms with E-state index in [4.69, 9.17) is 0 Å². The topological polar surface area (TPSA) is 83.4 Å². The summed E-state index contributed by atoms with van der Waals surface area (Å²) in [6.45, 7) is 1.43. The zero-order valence-corrected chi connectivity index (χ0v) is 19.9. The molecule has 0 saturated heterocycles. The van der Waals surface area contributed by atoms with Crippen LogP contribution < -0.4 is 10.2 Å². The molecule has 0 bridgehead atoms. The second kappa shape index (κ2) is 10.3. The van der Waals surface area contributed by atoms with Crippen molar-refractivity contribution in [2.45, 2.75) is 26.1 Å². The van der Waals surface area contributed by atoms with Gasteiger partial charge in [-0.05, 0) is 49.4 Å². The number of carbonyl (C=O) groups is 2. The fourth-order valence-electron chi connectivity index (χ4n) is 3.74. The molecule has 180 valence electrons. The Morgan fingerprint density at radius 1 is 1.00 bits per heavy atom. The highest BCUT2D eigenvalue weighted by atomic mass is 19.1. The van der Waals surface area contributed by atoms with Crippen molar-refractivity contribution in [3.8, 4) is 0 Å². The molecule has 8 nitrogen and oxygen atoms in total. The molecule has 2 amide bonds. The molecule has 1 heterocycles. The fraction of sp³-hybridized carbons (Fsp3) is 0.231. The van der Waals surface area contributed by atoms with Gasteiger partial charge in [-0.25, -0.2) is 9.07 Å². The second-order valence-corrected chi connectivity index (χ2v) is 8.46. The number of halogens is 1. The summed E-state index contributed by atoms with van der Waals surface area (Å²) >= 11 is 0. The van der Waals surface area contributed by atoms with E-state index in [0.717, 1.165) is 5.69 Å². The Labute approximate surface area is 203 Å². The van der Waals surface area contributed by atoms with Crippen molar-refractivity contribution >= 4 is 34.2 Å². The SMILES string of the molecule is CC(C(=O)Nc1ccc(N(C)C)cc1)N(Cc1ccccc1F)C(=O)Cn1nnc2ccccc21. The smallest absolute Gasteiger partial charge is 0.246 e. The van der Waals surface area contributed by atoms with Crippen LogP contribution in [0.1, 0.15) is 12.5 Å². The zero-order valence-electron chi connectivity index (χ0n) is 19.9. The van der Waals surface area contributed by atoms with E-state index in [-0.39, 0.29) is 24.9 Å². The first-order chi connectivity index (χ1) is 16.8. The molecular formula is C26H27FN6O2. The summed E-state index contributed by atoms with van der Waals surface area (Å²) in [5.41, 5.74) is 3.28. The third-order valence-corrected chi connectivity index (χ3v) is 5.82. The van der Waals surface area contributed by atoms with Crippen LogP contribution in [0.2, 0.25) is 0 Å². The molecule has 0 aliphatic heterocycles. The lowest BCUT2D eigenvalue weighted by Gasteiger charge is -2.29. The van der Waals surface area contributed by atoms with E-state index in [0.29, 0.717) is 22.3 Å². The van der Waals surface area contributed by atoms with Gasteiger partial charge in [-0.15, -0.1) is 5.10 Å². The number of nitrogens with zero attached hydrogens (tertiary/aromatic N) is 5. The average Bonchev–Trinajstić information content (AvgIpc) is 3.26. The minimum Gasteiger partial charge on any atom is -0.378 e. The van der Waals surface area contributed by atoms with Gasteiger partial charge in [0, 0.05) is 37.6 Å². The van der Waals surface area contributed by atoms with Crippen molar-refractivity contribution in [1.29, 1.82) is 0 Å². The molecule has 1 unspecified atom stereocenters. The summed E-state index contributed by atoms with van der Waals surface area (Å²) in [4.78, 5) is 29.9. The highest BCUT2D eigenvalue weighted by Gasteiger charge is 2.28. The van der Waals surface area contributed by atoms with Crippen LogP contribution in [-0.2, 0) is 22.7 Å². The fourth-order valence-corrected chi connectivity index (χ4v) is 3.74. The standard InChI is InChI=1S/C26H27FN6O2/c1-18(26(35)28-20-12-14-21(15-13-20)31(2)3)32(16-19-8-4-5-9-22(19)27)25(34)17-33-24-11-7-6-10-23(24)29-30-33/h4-15,18H,16-17H2,1-3H3,(H,28,35). The van der Waals surface area contributed by atoms with Crippen molar-refractivity contribution in [3.05, 3.63) is 84.2 Å². The van der Waals surface area contributed by atoms with Crippen molar-refractivity contribution in [1.82, 2.24) is 19.9 Å². The Balaban J connectivity index is 1.57. The predicted molar refractivity (Wildman–Crippen MR) is 133 cm³/mol. The molecule has 4 rings (SSSR count). The molecule has 0 saturated carbocycles. The average molecular weight is 475 g/mol. The lowest BCUT2D eigenvalue weighted by molar-refractivity contribution is -0.139. The van der Waals surface area contributed by atoms with Crippen molar-refractivity contribution < 1.29 is 14.0 Å². The van der Waals surface area contributed by atoms with Crippen LogP contribution in [0.3, 0.4) is 0 Å². The molecule has 1 N–H and O–H groups in total. The van der Waals surface area contributed by atoms with Gasteiger partial charge in [0.25, 0.3) is 0 Å². The summed E-state index contributed by atoms with van der Waals surface area (Å²) in [6, 6.07) is 20.0. The number of benzene rings is 3. The van der Waals surface area contributed by atoms with Gasteiger partial charge in [-0.3, -0.25) is 9.59 Å². The number of nitrogens with one attached hydrogen (secondary N) is 1.